The molecule has 0 radical (unpaired) electrons. The summed E-state index contributed by atoms with van der Waals surface area (Å²) in [5.41, 5.74) is 0. The van der Waals surface area contributed by atoms with Crippen LogP contribution in [0.4, 0.5) is 0 Å². The highest BCUT2D eigenvalue weighted by atomic mass is 32.1. The molecule has 0 amide bonds. The van der Waals surface area contributed by atoms with Crippen LogP contribution < -0.4 is 0 Å². The minimum Gasteiger partial charge on any atom is -0.376 e. The van der Waals surface area contributed by atoms with E-state index in [9.17, 15) is 0 Å². The van der Waals surface area contributed by atoms with Crippen molar-refractivity contribution in [2.45, 2.75) is 25.5 Å². The maximum atomic E-state index is 5.65. The lowest BCUT2D eigenvalue weighted by Gasteiger charge is -2.11. The van der Waals surface area contributed by atoms with Crippen molar-refractivity contribution < 1.29 is 4.74 Å². The van der Waals surface area contributed by atoms with Crippen molar-refractivity contribution in [3.05, 3.63) is 22.3 Å². The highest BCUT2D eigenvalue weighted by Gasteiger charge is 2.19. The fourth-order valence-electron chi connectivity index (χ4n) is 2.07. The first-order chi connectivity index (χ1) is 8.34. The van der Waals surface area contributed by atoms with E-state index in [1.165, 1.54) is 0 Å². The molecule has 1 N–H and O–H groups in total. The Morgan fingerprint density at radius 1 is 1.65 bits per heavy atom. The minimum atomic E-state index is 0.276. The van der Waals surface area contributed by atoms with E-state index in [0.717, 1.165) is 36.7 Å². The highest BCUT2D eigenvalue weighted by molar-refractivity contribution is 7.71. The molecule has 0 spiro atoms. The van der Waals surface area contributed by atoms with Gasteiger partial charge in [-0.15, -0.1) is 11.3 Å². The number of ether oxygens (including phenoxy) is 1. The predicted molar refractivity (Wildman–Crippen MR) is 69.7 cm³/mol. The standard InChI is InChI=1S/C11H13N3OS2/c16-11-13-12-10(9-4-2-6-17-9)14(11)7-8-3-1-5-15-8/h2,4,6,8H,1,3,5,7H2,(H,13,16)/t8-/m0/s1. The molecule has 0 bridgehead atoms. The lowest BCUT2D eigenvalue weighted by molar-refractivity contribution is 0.0970. The second-order valence-corrected chi connectivity index (χ2v) is 5.41. The average molecular weight is 267 g/mol. The number of rotatable bonds is 3. The first-order valence-electron chi connectivity index (χ1n) is 5.65. The lowest BCUT2D eigenvalue weighted by Crippen LogP contribution is -2.15. The van der Waals surface area contributed by atoms with E-state index in [1.54, 1.807) is 11.3 Å². The Morgan fingerprint density at radius 2 is 2.59 bits per heavy atom. The van der Waals surface area contributed by atoms with E-state index in [0.29, 0.717) is 4.77 Å². The van der Waals surface area contributed by atoms with Crippen LogP contribution in [0.25, 0.3) is 10.7 Å². The van der Waals surface area contributed by atoms with Gasteiger partial charge in [0.05, 0.1) is 17.5 Å². The van der Waals surface area contributed by atoms with E-state index >= 15 is 0 Å². The summed E-state index contributed by atoms with van der Waals surface area (Å²) in [7, 11) is 0. The van der Waals surface area contributed by atoms with Crippen LogP contribution >= 0.6 is 23.6 Å². The normalized spacial score (nSPS) is 19.9. The molecule has 90 valence electrons. The number of aromatic amines is 1. The first kappa shape index (κ1) is 11.1. The molecule has 6 heteroatoms. The number of aromatic nitrogens is 3. The third-order valence-corrected chi connectivity index (χ3v) is 4.09. The Balaban J connectivity index is 1.92. The third kappa shape index (κ3) is 2.20. The van der Waals surface area contributed by atoms with Crippen molar-refractivity contribution in [1.29, 1.82) is 0 Å². The molecule has 2 aromatic heterocycles. The van der Waals surface area contributed by atoms with E-state index < -0.39 is 0 Å². The van der Waals surface area contributed by atoms with Crippen LogP contribution in [0.2, 0.25) is 0 Å². The molecule has 1 saturated heterocycles. The smallest absolute Gasteiger partial charge is 0.195 e. The second kappa shape index (κ2) is 4.72. The zero-order valence-corrected chi connectivity index (χ0v) is 10.9. The third-order valence-electron chi connectivity index (χ3n) is 2.91. The van der Waals surface area contributed by atoms with Gasteiger partial charge in [-0.3, -0.25) is 9.67 Å². The van der Waals surface area contributed by atoms with Crippen molar-refractivity contribution in [3.8, 4) is 10.7 Å². The molecule has 0 unspecified atom stereocenters. The topological polar surface area (TPSA) is 42.8 Å². The number of hydrogen-bond donors (Lipinski definition) is 1. The summed E-state index contributed by atoms with van der Waals surface area (Å²) < 4.78 is 8.36. The molecule has 0 saturated carbocycles. The van der Waals surface area contributed by atoms with Crippen molar-refractivity contribution in [2.75, 3.05) is 6.61 Å². The molecular formula is C11H13N3OS2. The molecule has 1 atom stereocenters. The Morgan fingerprint density at radius 3 is 3.29 bits per heavy atom. The van der Waals surface area contributed by atoms with Crippen LogP contribution in [0.1, 0.15) is 12.8 Å². The monoisotopic (exact) mass is 267 g/mol. The fourth-order valence-corrected chi connectivity index (χ4v) is 3.00. The van der Waals surface area contributed by atoms with Gasteiger partial charge in [-0.2, -0.15) is 5.10 Å². The maximum absolute atomic E-state index is 5.65. The summed E-state index contributed by atoms with van der Waals surface area (Å²) >= 11 is 6.95. The molecule has 1 aliphatic heterocycles. The van der Waals surface area contributed by atoms with E-state index in [2.05, 4.69) is 16.3 Å². The first-order valence-corrected chi connectivity index (χ1v) is 6.94. The summed E-state index contributed by atoms with van der Waals surface area (Å²) in [6.45, 7) is 1.66. The van der Waals surface area contributed by atoms with Gasteiger partial charge in [0.2, 0.25) is 0 Å². The van der Waals surface area contributed by atoms with Crippen molar-refractivity contribution in [3.63, 3.8) is 0 Å². The van der Waals surface area contributed by atoms with Gasteiger partial charge in [0.15, 0.2) is 10.6 Å². The molecule has 0 aromatic carbocycles. The quantitative estimate of drug-likeness (QED) is 0.870. The summed E-state index contributed by atoms with van der Waals surface area (Å²) in [5.74, 6) is 0.917. The Bertz CT molecular complexity index is 537. The van der Waals surface area contributed by atoms with Crippen molar-refractivity contribution in [2.24, 2.45) is 0 Å². The number of nitrogens with one attached hydrogen (secondary N) is 1. The van der Waals surface area contributed by atoms with E-state index in [1.807, 2.05) is 16.0 Å². The van der Waals surface area contributed by atoms with Crippen molar-refractivity contribution >= 4 is 23.6 Å². The van der Waals surface area contributed by atoms with Gasteiger partial charge in [-0.25, -0.2) is 0 Å². The van der Waals surface area contributed by atoms with Gasteiger partial charge in [-0.05, 0) is 36.5 Å². The summed E-state index contributed by atoms with van der Waals surface area (Å²) in [6, 6.07) is 4.08. The van der Waals surface area contributed by atoms with Crippen molar-refractivity contribution in [1.82, 2.24) is 14.8 Å². The van der Waals surface area contributed by atoms with Crippen LogP contribution in [0, 0.1) is 4.77 Å². The molecule has 3 heterocycles. The Kier molecular flexibility index (Phi) is 3.09. The van der Waals surface area contributed by atoms with Crippen LogP contribution in [-0.2, 0) is 11.3 Å². The number of nitrogens with zero attached hydrogens (tertiary/aromatic N) is 2. The van der Waals surface area contributed by atoms with Gasteiger partial charge >= 0.3 is 0 Å². The molecule has 0 aliphatic carbocycles. The van der Waals surface area contributed by atoms with Gasteiger partial charge in [0, 0.05) is 6.61 Å². The Hall–Kier alpha value is -0.980. The molecule has 17 heavy (non-hydrogen) atoms. The minimum absolute atomic E-state index is 0.276. The number of hydrogen-bond acceptors (Lipinski definition) is 4. The van der Waals surface area contributed by atoms with Crippen LogP contribution in [0.5, 0.6) is 0 Å². The van der Waals surface area contributed by atoms with Gasteiger partial charge in [0.1, 0.15) is 0 Å². The summed E-state index contributed by atoms with van der Waals surface area (Å²) in [6.07, 6.45) is 2.53. The number of thiophene rings is 1. The fraction of sp³-hybridized carbons (Fsp3) is 0.455. The van der Waals surface area contributed by atoms with Gasteiger partial charge < -0.3 is 4.74 Å². The van der Waals surface area contributed by atoms with Gasteiger partial charge in [0.25, 0.3) is 0 Å². The van der Waals surface area contributed by atoms with Crippen LogP contribution in [0.15, 0.2) is 17.5 Å². The molecule has 1 fully saturated rings. The van der Waals surface area contributed by atoms with Gasteiger partial charge in [-0.1, -0.05) is 6.07 Å². The van der Waals surface area contributed by atoms with Crippen LogP contribution in [0.3, 0.4) is 0 Å². The SMILES string of the molecule is S=c1[nH]nc(-c2cccs2)n1C[C@@H]1CCCO1. The summed E-state index contributed by atoms with van der Waals surface area (Å²) in [4.78, 5) is 1.13. The number of H-pyrrole nitrogens is 1. The largest absolute Gasteiger partial charge is 0.376 e. The maximum Gasteiger partial charge on any atom is 0.195 e. The second-order valence-electron chi connectivity index (χ2n) is 4.08. The zero-order chi connectivity index (χ0) is 11.7. The molecular weight excluding hydrogens is 254 g/mol. The molecule has 1 aliphatic rings. The van der Waals surface area contributed by atoms with Crippen LogP contribution in [-0.4, -0.2) is 27.5 Å². The predicted octanol–water partition coefficient (Wildman–Crippen LogP) is 2.85. The molecule has 2 aromatic rings. The lowest BCUT2D eigenvalue weighted by atomic mass is 10.2. The highest BCUT2D eigenvalue weighted by Crippen LogP contribution is 2.24. The van der Waals surface area contributed by atoms with E-state index in [-0.39, 0.29) is 6.10 Å². The van der Waals surface area contributed by atoms with E-state index in [4.69, 9.17) is 17.0 Å². The average Bonchev–Trinajstić information content (AvgIpc) is 3.03. The molecule has 3 rings (SSSR count). The molecule has 4 nitrogen and oxygen atoms in total. The summed E-state index contributed by atoms with van der Waals surface area (Å²) in [5, 5.41) is 9.21. The zero-order valence-electron chi connectivity index (χ0n) is 9.26. The Labute approximate surface area is 108 Å².